The van der Waals surface area contributed by atoms with E-state index in [0.717, 1.165) is 39.0 Å². The van der Waals surface area contributed by atoms with E-state index in [0.29, 0.717) is 5.06 Å². The molecule has 0 spiro atoms. The molecule has 0 aliphatic rings. The molecule has 2 amide bonds. The van der Waals surface area contributed by atoms with Gasteiger partial charge in [0.2, 0.25) is 0 Å². The molecule has 0 atom stereocenters. The Bertz CT molecular complexity index is 474. The second-order valence-corrected chi connectivity index (χ2v) is 6.72. The molecule has 0 aromatic rings. The summed E-state index contributed by atoms with van der Waals surface area (Å²) in [6.07, 6.45) is 21.7. The molecule has 28 heavy (non-hydrogen) atoms. The van der Waals surface area contributed by atoms with Crippen molar-refractivity contribution in [3.63, 3.8) is 0 Å². The highest BCUT2D eigenvalue weighted by Crippen LogP contribution is 2.08. The third-order valence-electron chi connectivity index (χ3n) is 4.14. The average molecular weight is 396 g/mol. The minimum absolute atomic E-state index is 0.129. The number of allylic oxidation sites excluding steroid dienone is 4. The Morgan fingerprint density at radius 3 is 1.96 bits per heavy atom. The summed E-state index contributed by atoms with van der Waals surface area (Å²) < 4.78 is 4.82. The van der Waals surface area contributed by atoms with E-state index in [-0.39, 0.29) is 13.0 Å². The fourth-order valence-electron chi connectivity index (χ4n) is 2.51. The first-order valence-corrected chi connectivity index (χ1v) is 10.5. The largest absolute Gasteiger partial charge is 0.533 e. The molecule has 0 heterocycles. The zero-order chi connectivity index (χ0) is 20.9. The van der Waals surface area contributed by atoms with Crippen molar-refractivity contribution in [2.24, 2.45) is 0 Å². The molecular weight excluding hydrogens is 358 g/mol. The lowest BCUT2D eigenvalue weighted by atomic mass is 10.1. The van der Waals surface area contributed by atoms with Crippen LogP contribution in [0, 0.1) is 0 Å². The molecule has 0 rings (SSSR count). The van der Waals surface area contributed by atoms with Gasteiger partial charge < -0.3 is 4.74 Å². The van der Waals surface area contributed by atoms with Crippen LogP contribution in [0.25, 0.3) is 0 Å². The average Bonchev–Trinajstić information content (AvgIpc) is 2.68. The second-order valence-electron chi connectivity index (χ2n) is 6.72. The molecule has 0 N–H and O–H groups in total. The van der Waals surface area contributed by atoms with Crippen LogP contribution in [0.4, 0.5) is 4.79 Å². The van der Waals surface area contributed by atoms with E-state index in [4.69, 9.17) is 4.74 Å². The minimum atomic E-state index is -1.04. The summed E-state index contributed by atoms with van der Waals surface area (Å²) in [4.78, 5) is 37.1. The first-order valence-electron chi connectivity index (χ1n) is 10.5. The minimum Gasteiger partial charge on any atom is -0.433 e. The predicted octanol–water partition coefficient (Wildman–Crippen LogP) is 5.87. The second kappa shape index (κ2) is 19.6. The number of imide groups is 1. The van der Waals surface area contributed by atoms with Gasteiger partial charge in [-0.05, 0) is 38.5 Å². The summed E-state index contributed by atoms with van der Waals surface area (Å²) >= 11 is 0. The van der Waals surface area contributed by atoms with Crippen LogP contribution < -0.4 is 0 Å². The number of rotatable bonds is 16. The smallest absolute Gasteiger partial charge is 0.433 e. The Morgan fingerprint density at radius 1 is 0.821 bits per heavy atom. The third-order valence-corrected chi connectivity index (χ3v) is 4.14. The van der Waals surface area contributed by atoms with Gasteiger partial charge in [-0.15, -0.1) is 5.06 Å². The van der Waals surface area contributed by atoms with Gasteiger partial charge in [0.25, 0.3) is 12.3 Å². The number of hydrogen-bond acceptors (Lipinski definition) is 5. The quantitative estimate of drug-likeness (QED) is 0.107. The zero-order valence-corrected chi connectivity index (χ0v) is 17.6. The van der Waals surface area contributed by atoms with E-state index in [9.17, 15) is 14.4 Å². The molecule has 0 unspecified atom stereocenters. The number of hydroxylamine groups is 2. The summed E-state index contributed by atoms with van der Waals surface area (Å²) in [7, 11) is 0. The van der Waals surface area contributed by atoms with Crippen molar-refractivity contribution in [2.75, 3.05) is 6.61 Å². The van der Waals surface area contributed by atoms with E-state index in [1.165, 1.54) is 44.9 Å². The molecule has 0 aromatic heterocycles. The molecule has 6 nitrogen and oxygen atoms in total. The van der Waals surface area contributed by atoms with Crippen LogP contribution in [-0.4, -0.2) is 30.1 Å². The van der Waals surface area contributed by atoms with Gasteiger partial charge in [-0.2, -0.15) is 0 Å². The summed E-state index contributed by atoms with van der Waals surface area (Å²) in [5.74, 6) is -0.680. The van der Waals surface area contributed by atoms with Crippen molar-refractivity contribution in [3.05, 3.63) is 24.3 Å². The summed E-state index contributed by atoms with van der Waals surface area (Å²) in [6.45, 7) is 3.56. The highest BCUT2D eigenvalue weighted by Gasteiger charge is 2.14. The maximum Gasteiger partial charge on any atom is 0.533 e. The topological polar surface area (TPSA) is 72.9 Å². The van der Waals surface area contributed by atoms with Crippen molar-refractivity contribution >= 4 is 18.5 Å². The first-order chi connectivity index (χ1) is 13.6. The Hall–Kier alpha value is -2.11. The van der Waals surface area contributed by atoms with Crippen LogP contribution >= 0.6 is 0 Å². The number of carbonyl (C=O) groups is 3. The van der Waals surface area contributed by atoms with E-state index < -0.39 is 12.1 Å². The number of ether oxygens (including phenoxy) is 1. The summed E-state index contributed by atoms with van der Waals surface area (Å²) in [5, 5.41) is 0.306. The number of amides is 2. The Kier molecular flexibility index (Phi) is 18.2. The van der Waals surface area contributed by atoms with Crippen molar-refractivity contribution in [3.8, 4) is 0 Å². The summed E-state index contributed by atoms with van der Waals surface area (Å²) in [6, 6.07) is 0. The molecular formula is C22H37NO5. The van der Waals surface area contributed by atoms with E-state index in [1.54, 1.807) is 0 Å². The maximum absolute atomic E-state index is 11.3. The van der Waals surface area contributed by atoms with E-state index in [2.05, 4.69) is 36.1 Å². The SMILES string of the molecule is CCCCCC=CCC=CCCCCCCCCOC(=O)ON(C=O)C(C)=O. The Morgan fingerprint density at radius 2 is 1.39 bits per heavy atom. The van der Waals surface area contributed by atoms with Gasteiger partial charge >= 0.3 is 6.16 Å². The maximum atomic E-state index is 11.3. The van der Waals surface area contributed by atoms with Gasteiger partial charge in [0.1, 0.15) is 0 Å². The highest BCUT2D eigenvalue weighted by atomic mass is 16.8. The van der Waals surface area contributed by atoms with Crippen LogP contribution in [0.5, 0.6) is 0 Å². The van der Waals surface area contributed by atoms with Crippen molar-refractivity contribution in [1.82, 2.24) is 5.06 Å². The molecule has 0 bridgehead atoms. The lowest BCUT2D eigenvalue weighted by Gasteiger charge is -2.11. The normalized spacial score (nSPS) is 11.1. The van der Waals surface area contributed by atoms with Gasteiger partial charge in [0, 0.05) is 6.92 Å². The van der Waals surface area contributed by atoms with Crippen LogP contribution in [0.2, 0.25) is 0 Å². The lowest BCUT2D eigenvalue weighted by Crippen LogP contribution is -2.30. The van der Waals surface area contributed by atoms with Gasteiger partial charge in [-0.25, -0.2) is 4.79 Å². The molecule has 0 saturated carbocycles. The molecule has 0 fully saturated rings. The van der Waals surface area contributed by atoms with Crippen molar-refractivity contribution < 1.29 is 24.0 Å². The Balaban J connectivity index is 3.39. The monoisotopic (exact) mass is 395 g/mol. The van der Waals surface area contributed by atoms with Gasteiger partial charge in [0.05, 0.1) is 6.61 Å². The Labute approximate surface area is 169 Å². The zero-order valence-electron chi connectivity index (χ0n) is 17.6. The highest BCUT2D eigenvalue weighted by molar-refractivity contribution is 5.84. The molecule has 0 saturated heterocycles. The molecule has 160 valence electrons. The fraction of sp³-hybridized carbons (Fsp3) is 0.682. The lowest BCUT2D eigenvalue weighted by molar-refractivity contribution is -0.174. The van der Waals surface area contributed by atoms with Crippen LogP contribution in [-0.2, 0) is 19.2 Å². The fourth-order valence-corrected chi connectivity index (χ4v) is 2.51. The number of unbranched alkanes of at least 4 members (excludes halogenated alkanes) is 9. The van der Waals surface area contributed by atoms with E-state index >= 15 is 0 Å². The first kappa shape index (κ1) is 25.9. The van der Waals surface area contributed by atoms with Crippen LogP contribution in [0.1, 0.15) is 90.9 Å². The standard InChI is InChI=1S/C22H37NO5/c1-3-4-5-6-7-8-9-10-11-12-13-14-15-16-17-18-19-27-22(26)28-23(20-24)21(2)25/h7-8,10-11,20H,3-6,9,12-19H2,1-2H3. The van der Waals surface area contributed by atoms with Gasteiger partial charge in [0.15, 0.2) is 0 Å². The predicted molar refractivity (Wildman–Crippen MR) is 110 cm³/mol. The molecule has 0 aliphatic carbocycles. The molecule has 0 aromatic carbocycles. The number of hydrogen-bond donors (Lipinski definition) is 0. The summed E-state index contributed by atoms with van der Waals surface area (Å²) in [5.41, 5.74) is 0. The number of nitrogens with zero attached hydrogens (tertiary/aromatic N) is 1. The molecule has 0 radical (unpaired) electrons. The third kappa shape index (κ3) is 17.3. The molecule has 6 heteroatoms. The van der Waals surface area contributed by atoms with Crippen LogP contribution in [0.3, 0.4) is 0 Å². The van der Waals surface area contributed by atoms with Crippen LogP contribution in [0.15, 0.2) is 24.3 Å². The van der Waals surface area contributed by atoms with E-state index in [1.807, 2.05) is 0 Å². The number of carbonyl (C=O) groups excluding carboxylic acids is 3. The van der Waals surface area contributed by atoms with Gasteiger partial charge in [-0.3, -0.25) is 14.4 Å². The van der Waals surface area contributed by atoms with Gasteiger partial charge in [-0.1, -0.05) is 69.8 Å². The molecule has 0 aliphatic heterocycles. The van der Waals surface area contributed by atoms with Crippen molar-refractivity contribution in [1.29, 1.82) is 0 Å². The van der Waals surface area contributed by atoms with Crippen molar-refractivity contribution in [2.45, 2.75) is 90.9 Å².